The zero-order chi connectivity index (χ0) is 14.3. The largest absolute Gasteiger partial charge is 0.480 e. The third-order valence-electron chi connectivity index (χ3n) is 3.05. The molecule has 0 aliphatic carbocycles. The first kappa shape index (κ1) is 15.3. The molecule has 1 aliphatic heterocycles. The van der Waals surface area contributed by atoms with Crippen molar-refractivity contribution in [1.29, 1.82) is 0 Å². The highest BCUT2D eigenvalue weighted by molar-refractivity contribution is 5.83. The summed E-state index contributed by atoms with van der Waals surface area (Å²) in [6.07, 6.45) is 2.99. The topological polar surface area (TPSA) is 108 Å². The Hall–Kier alpha value is -1.79. The second-order valence-corrected chi connectivity index (χ2v) is 4.69. The third-order valence-corrected chi connectivity index (χ3v) is 3.05. The molecule has 1 aliphatic rings. The van der Waals surface area contributed by atoms with Crippen molar-refractivity contribution in [3.8, 4) is 0 Å². The molecule has 0 aromatic rings. The van der Waals surface area contributed by atoms with E-state index in [-0.39, 0.29) is 11.9 Å². The van der Waals surface area contributed by atoms with Crippen molar-refractivity contribution < 1.29 is 19.5 Å². The van der Waals surface area contributed by atoms with Crippen LogP contribution < -0.4 is 16.0 Å². The Morgan fingerprint density at radius 1 is 1.53 bits per heavy atom. The van der Waals surface area contributed by atoms with Gasteiger partial charge in [0.15, 0.2) is 0 Å². The molecule has 1 heterocycles. The van der Waals surface area contributed by atoms with Crippen LogP contribution in [0.25, 0.3) is 0 Å². The fourth-order valence-electron chi connectivity index (χ4n) is 1.91. The summed E-state index contributed by atoms with van der Waals surface area (Å²) < 4.78 is 0. The second-order valence-electron chi connectivity index (χ2n) is 4.69. The summed E-state index contributed by atoms with van der Waals surface area (Å²) >= 11 is 0. The number of hydrogen-bond donors (Lipinski definition) is 4. The maximum Gasteiger partial charge on any atom is 0.326 e. The fourth-order valence-corrected chi connectivity index (χ4v) is 1.91. The Morgan fingerprint density at radius 3 is 2.79 bits per heavy atom. The van der Waals surface area contributed by atoms with E-state index in [1.54, 1.807) is 0 Å². The van der Waals surface area contributed by atoms with Crippen LogP contribution in [0.2, 0.25) is 0 Å². The lowest BCUT2D eigenvalue weighted by Crippen LogP contribution is -2.53. The molecule has 0 spiro atoms. The third kappa shape index (κ3) is 5.58. The predicted octanol–water partition coefficient (Wildman–Crippen LogP) is 0.208. The van der Waals surface area contributed by atoms with Crippen LogP contribution in [-0.2, 0) is 9.59 Å². The van der Waals surface area contributed by atoms with E-state index in [9.17, 15) is 14.4 Å². The molecular formula is C12H21N3O4. The van der Waals surface area contributed by atoms with Crippen molar-refractivity contribution >= 4 is 17.9 Å². The quantitative estimate of drug-likeness (QED) is 0.553. The first-order chi connectivity index (χ1) is 9.02. The summed E-state index contributed by atoms with van der Waals surface area (Å²) in [5.74, 6) is -1.05. The van der Waals surface area contributed by atoms with Gasteiger partial charge in [-0.15, -0.1) is 0 Å². The summed E-state index contributed by atoms with van der Waals surface area (Å²) in [5, 5.41) is 16.8. The smallest absolute Gasteiger partial charge is 0.326 e. The number of carbonyl (C=O) groups is 3. The molecule has 0 saturated carbocycles. The van der Waals surface area contributed by atoms with Crippen LogP contribution in [0.1, 0.15) is 39.0 Å². The number of carboxylic acids is 1. The zero-order valence-electron chi connectivity index (χ0n) is 11.1. The molecule has 1 rings (SSSR count). The highest BCUT2D eigenvalue weighted by Crippen LogP contribution is 2.04. The van der Waals surface area contributed by atoms with Crippen LogP contribution in [-0.4, -0.2) is 41.6 Å². The van der Waals surface area contributed by atoms with E-state index in [0.717, 1.165) is 12.8 Å². The summed E-state index contributed by atoms with van der Waals surface area (Å²) in [4.78, 5) is 33.6. The first-order valence-corrected chi connectivity index (χ1v) is 6.59. The number of amides is 3. The summed E-state index contributed by atoms with van der Waals surface area (Å²) in [6.45, 7) is 2.35. The van der Waals surface area contributed by atoms with Gasteiger partial charge in [-0.05, 0) is 12.8 Å². The molecule has 2 atom stereocenters. The van der Waals surface area contributed by atoms with E-state index >= 15 is 0 Å². The van der Waals surface area contributed by atoms with Crippen molar-refractivity contribution in [2.24, 2.45) is 0 Å². The van der Waals surface area contributed by atoms with Gasteiger partial charge >= 0.3 is 12.0 Å². The molecule has 0 bridgehead atoms. The van der Waals surface area contributed by atoms with Crippen molar-refractivity contribution in [3.05, 3.63) is 0 Å². The van der Waals surface area contributed by atoms with Gasteiger partial charge < -0.3 is 21.1 Å². The number of hydrogen-bond acceptors (Lipinski definition) is 3. The van der Waals surface area contributed by atoms with Gasteiger partial charge in [0.25, 0.3) is 0 Å². The zero-order valence-corrected chi connectivity index (χ0v) is 11.1. The highest BCUT2D eigenvalue weighted by atomic mass is 16.4. The number of unbranched alkanes of at least 4 members (excludes halogenated alkanes) is 1. The van der Waals surface area contributed by atoms with E-state index < -0.39 is 18.0 Å². The van der Waals surface area contributed by atoms with Gasteiger partial charge in [0.2, 0.25) is 5.91 Å². The number of nitrogens with one attached hydrogen (secondary N) is 3. The number of carboxylic acid groups (broad SMARTS) is 1. The molecule has 1 saturated heterocycles. The van der Waals surface area contributed by atoms with E-state index in [2.05, 4.69) is 16.0 Å². The van der Waals surface area contributed by atoms with E-state index in [1.807, 2.05) is 6.92 Å². The summed E-state index contributed by atoms with van der Waals surface area (Å²) in [5.41, 5.74) is 0. The maximum absolute atomic E-state index is 11.7. The van der Waals surface area contributed by atoms with Crippen LogP contribution in [0, 0.1) is 0 Å². The van der Waals surface area contributed by atoms with Crippen molar-refractivity contribution in [2.45, 2.75) is 51.1 Å². The minimum absolute atomic E-state index is 0.0233. The minimum atomic E-state index is -1.03. The predicted molar refractivity (Wildman–Crippen MR) is 68.6 cm³/mol. The van der Waals surface area contributed by atoms with E-state index in [0.29, 0.717) is 25.8 Å². The number of aliphatic carboxylic acids is 1. The first-order valence-electron chi connectivity index (χ1n) is 6.59. The molecule has 19 heavy (non-hydrogen) atoms. The minimum Gasteiger partial charge on any atom is -0.480 e. The maximum atomic E-state index is 11.7. The molecule has 0 radical (unpaired) electrons. The molecule has 7 heteroatoms. The summed E-state index contributed by atoms with van der Waals surface area (Å²) in [6, 6.07) is -1.50. The number of urea groups is 1. The fraction of sp³-hybridized carbons (Fsp3) is 0.750. The van der Waals surface area contributed by atoms with Gasteiger partial charge in [-0.3, -0.25) is 4.79 Å². The van der Waals surface area contributed by atoms with Gasteiger partial charge in [-0.2, -0.15) is 0 Å². The van der Waals surface area contributed by atoms with E-state index in [1.165, 1.54) is 0 Å². The lowest BCUT2D eigenvalue weighted by Gasteiger charge is -2.24. The molecular weight excluding hydrogens is 250 g/mol. The lowest BCUT2D eigenvalue weighted by molar-refractivity contribution is -0.139. The Balaban J connectivity index is 2.35. The number of rotatable bonds is 6. The van der Waals surface area contributed by atoms with Crippen LogP contribution in [0.15, 0.2) is 0 Å². The van der Waals surface area contributed by atoms with Gasteiger partial charge in [-0.1, -0.05) is 19.8 Å². The number of piperidine rings is 1. The Labute approximate surface area is 112 Å². The van der Waals surface area contributed by atoms with Crippen molar-refractivity contribution in [1.82, 2.24) is 16.0 Å². The Kier molecular flexibility index (Phi) is 6.11. The van der Waals surface area contributed by atoms with Crippen LogP contribution in [0.5, 0.6) is 0 Å². The molecule has 0 aromatic heterocycles. The van der Waals surface area contributed by atoms with Crippen LogP contribution >= 0.6 is 0 Å². The normalized spacial score (nSPS) is 20.3. The monoisotopic (exact) mass is 271 g/mol. The average Bonchev–Trinajstić information content (AvgIpc) is 2.37. The molecule has 7 nitrogen and oxygen atoms in total. The van der Waals surface area contributed by atoms with Gasteiger partial charge in [0, 0.05) is 19.0 Å². The van der Waals surface area contributed by atoms with Gasteiger partial charge in [-0.25, -0.2) is 9.59 Å². The SMILES string of the molecule is CCCC[C@H](NC(=O)NC1CCC(=O)NC1)C(=O)O. The second kappa shape index (κ2) is 7.60. The lowest BCUT2D eigenvalue weighted by atomic mass is 10.1. The Morgan fingerprint density at radius 2 is 2.26 bits per heavy atom. The van der Waals surface area contributed by atoms with Crippen LogP contribution in [0.4, 0.5) is 4.79 Å². The van der Waals surface area contributed by atoms with Crippen LogP contribution in [0.3, 0.4) is 0 Å². The highest BCUT2D eigenvalue weighted by Gasteiger charge is 2.23. The summed E-state index contributed by atoms with van der Waals surface area (Å²) in [7, 11) is 0. The average molecular weight is 271 g/mol. The Bertz CT molecular complexity index is 336. The molecule has 108 valence electrons. The van der Waals surface area contributed by atoms with Gasteiger partial charge in [0.05, 0.1) is 0 Å². The van der Waals surface area contributed by atoms with E-state index in [4.69, 9.17) is 5.11 Å². The molecule has 3 amide bonds. The van der Waals surface area contributed by atoms with Crippen molar-refractivity contribution in [2.75, 3.05) is 6.54 Å². The number of carbonyl (C=O) groups excluding carboxylic acids is 2. The standard InChI is InChI=1S/C12H21N3O4/c1-2-3-4-9(11(17)18)15-12(19)14-8-5-6-10(16)13-7-8/h8-9H,2-7H2,1H3,(H,13,16)(H,17,18)(H2,14,15,19)/t8?,9-/m0/s1. The van der Waals surface area contributed by atoms with Crippen molar-refractivity contribution in [3.63, 3.8) is 0 Å². The molecule has 1 fully saturated rings. The molecule has 1 unspecified atom stereocenters. The van der Waals surface area contributed by atoms with Gasteiger partial charge in [0.1, 0.15) is 6.04 Å². The molecule has 0 aromatic carbocycles. The molecule has 4 N–H and O–H groups in total.